The van der Waals surface area contributed by atoms with Crippen LogP contribution in [0, 0.1) is 6.92 Å². The number of esters is 1. The second-order valence-corrected chi connectivity index (χ2v) is 6.97. The monoisotopic (exact) mass is 366 g/mol. The summed E-state index contributed by atoms with van der Waals surface area (Å²) in [6, 6.07) is 7.25. The molecule has 0 bridgehead atoms. The Hall–Kier alpha value is -3.09. The number of carbonyl (C=O) groups excluding carboxylic acids is 2. The topological polar surface area (TPSA) is 89.0 Å². The van der Waals surface area contributed by atoms with Crippen molar-refractivity contribution in [3.63, 3.8) is 0 Å². The third-order valence-corrected chi connectivity index (χ3v) is 4.94. The van der Waals surface area contributed by atoms with Gasteiger partial charge in [0.25, 0.3) is 5.91 Å². The molecule has 1 amide bonds. The highest BCUT2D eigenvalue weighted by Gasteiger charge is 2.18. The van der Waals surface area contributed by atoms with Gasteiger partial charge in [0, 0.05) is 29.7 Å². The number of benzene rings is 1. The molecule has 7 heteroatoms. The summed E-state index contributed by atoms with van der Waals surface area (Å²) in [5.74, 6) is -0.334. The number of amides is 1. The molecule has 140 valence electrons. The van der Waals surface area contributed by atoms with Crippen molar-refractivity contribution in [2.45, 2.75) is 32.6 Å². The number of hydrogen-bond acceptors (Lipinski definition) is 4. The predicted molar refractivity (Wildman–Crippen MR) is 102 cm³/mol. The summed E-state index contributed by atoms with van der Waals surface area (Å²) in [6.45, 7) is 1.50. The third kappa shape index (κ3) is 3.45. The number of nitrogens with zero attached hydrogens (tertiary/aromatic N) is 2. The van der Waals surface area contributed by atoms with Gasteiger partial charge in [-0.2, -0.15) is 5.10 Å². The van der Waals surface area contributed by atoms with Gasteiger partial charge in [-0.05, 0) is 56.4 Å². The molecule has 2 heterocycles. The summed E-state index contributed by atoms with van der Waals surface area (Å²) >= 11 is 0. The van der Waals surface area contributed by atoms with Crippen molar-refractivity contribution >= 4 is 28.6 Å². The maximum atomic E-state index is 12.4. The van der Waals surface area contributed by atoms with Gasteiger partial charge in [-0.1, -0.05) is 0 Å². The molecule has 7 nitrogen and oxygen atoms in total. The summed E-state index contributed by atoms with van der Waals surface area (Å²) < 4.78 is 6.75. The Labute approximate surface area is 156 Å². The van der Waals surface area contributed by atoms with Gasteiger partial charge in [-0.3, -0.25) is 9.48 Å². The first-order valence-electron chi connectivity index (χ1n) is 9.12. The second-order valence-electron chi connectivity index (χ2n) is 6.97. The van der Waals surface area contributed by atoms with E-state index in [1.807, 2.05) is 19.1 Å². The number of hydrogen-bond donors (Lipinski definition) is 2. The second kappa shape index (κ2) is 6.90. The first-order valence-corrected chi connectivity index (χ1v) is 9.12. The molecule has 0 saturated carbocycles. The standard InChI is InChI=1S/C20H22N4O3/c1-12-9-18(24(2)23-12)22-19(25)11-27-20(26)13-7-8-17-15(10-13)14-5-3-4-6-16(14)21-17/h7-10,21H,3-6,11H2,1-2H3,(H,22,25). The van der Waals surface area contributed by atoms with Crippen molar-refractivity contribution in [2.75, 3.05) is 11.9 Å². The molecule has 2 N–H and O–H groups in total. The van der Waals surface area contributed by atoms with Crippen LogP contribution in [0.2, 0.25) is 0 Å². The summed E-state index contributed by atoms with van der Waals surface area (Å²) in [6.07, 6.45) is 4.44. The third-order valence-electron chi connectivity index (χ3n) is 4.94. The number of carbonyl (C=O) groups is 2. The van der Waals surface area contributed by atoms with Gasteiger partial charge in [-0.25, -0.2) is 4.79 Å². The van der Waals surface area contributed by atoms with Gasteiger partial charge < -0.3 is 15.0 Å². The number of aromatic nitrogens is 3. The van der Waals surface area contributed by atoms with E-state index >= 15 is 0 Å². The maximum absolute atomic E-state index is 12.4. The van der Waals surface area contributed by atoms with Crippen LogP contribution in [0.15, 0.2) is 24.3 Å². The SMILES string of the molecule is Cc1cc(NC(=O)COC(=O)c2ccc3[nH]c4c(c3c2)CCCC4)n(C)n1. The Kier molecular flexibility index (Phi) is 4.43. The van der Waals surface area contributed by atoms with Crippen molar-refractivity contribution < 1.29 is 14.3 Å². The fourth-order valence-electron chi connectivity index (χ4n) is 3.65. The van der Waals surface area contributed by atoms with Crippen LogP contribution in [-0.2, 0) is 29.4 Å². The Balaban J connectivity index is 1.43. The van der Waals surface area contributed by atoms with Crippen LogP contribution in [0.5, 0.6) is 0 Å². The molecular weight excluding hydrogens is 344 g/mol. The average Bonchev–Trinajstić information content (AvgIpc) is 3.18. The molecule has 4 rings (SSSR count). The van der Waals surface area contributed by atoms with E-state index in [0.717, 1.165) is 29.4 Å². The molecule has 1 aliphatic rings. The maximum Gasteiger partial charge on any atom is 0.338 e. The number of aryl methyl sites for hydroxylation is 4. The number of aromatic amines is 1. The lowest BCUT2D eigenvalue weighted by atomic mass is 9.95. The first kappa shape index (κ1) is 17.3. The molecule has 0 aliphatic heterocycles. The van der Waals surface area contributed by atoms with E-state index in [0.29, 0.717) is 11.4 Å². The lowest BCUT2D eigenvalue weighted by Crippen LogP contribution is -2.22. The predicted octanol–water partition coefficient (Wildman–Crippen LogP) is 2.88. The van der Waals surface area contributed by atoms with Gasteiger partial charge in [0.15, 0.2) is 6.61 Å². The Morgan fingerprint density at radius 2 is 2.07 bits per heavy atom. The zero-order valence-electron chi connectivity index (χ0n) is 15.5. The highest BCUT2D eigenvalue weighted by atomic mass is 16.5. The van der Waals surface area contributed by atoms with Crippen molar-refractivity contribution in [2.24, 2.45) is 7.05 Å². The Morgan fingerprint density at radius 1 is 1.26 bits per heavy atom. The molecule has 1 aromatic carbocycles. The molecule has 1 aliphatic carbocycles. The zero-order chi connectivity index (χ0) is 19.0. The highest BCUT2D eigenvalue weighted by molar-refractivity contribution is 5.98. The zero-order valence-corrected chi connectivity index (χ0v) is 15.5. The molecule has 0 fully saturated rings. The molecule has 0 radical (unpaired) electrons. The van der Waals surface area contributed by atoms with Crippen LogP contribution in [-0.4, -0.2) is 33.2 Å². The van der Waals surface area contributed by atoms with Crippen LogP contribution in [0.3, 0.4) is 0 Å². The molecule has 27 heavy (non-hydrogen) atoms. The van der Waals surface area contributed by atoms with E-state index in [9.17, 15) is 9.59 Å². The van der Waals surface area contributed by atoms with Gasteiger partial charge in [-0.15, -0.1) is 0 Å². The van der Waals surface area contributed by atoms with E-state index < -0.39 is 11.9 Å². The number of H-pyrrole nitrogens is 1. The quantitative estimate of drug-likeness (QED) is 0.695. The summed E-state index contributed by atoms with van der Waals surface area (Å²) in [5.41, 5.74) is 4.87. The van der Waals surface area contributed by atoms with Crippen LogP contribution < -0.4 is 5.32 Å². The van der Waals surface area contributed by atoms with Gasteiger partial charge in [0.1, 0.15) is 5.82 Å². The van der Waals surface area contributed by atoms with Crippen LogP contribution in [0.1, 0.15) is 40.2 Å². The van der Waals surface area contributed by atoms with E-state index in [2.05, 4.69) is 15.4 Å². The van der Waals surface area contributed by atoms with Gasteiger partial charge in [0.05, 0.1) is 11.3 Å². The van der Waals surface area contributed by atoms with Crippen LogP contribution >= 0.6 is 0 Å². The number of fused-ring (bicyclic) bond motifs is 3. The van der Waals surface area contributed by atoms with Crippen molar-refractivity contribution in [3.8, 4) is 0 Å². The molecule has 3 aromatic rings. The summed E-state index contributed by atoms with van der Waals surface area (Å²) in [5, 5.41) is 7.92. The van der Waals surface area contributed by atoms with E-state index in [4.69, 9.17) is 4.74 Å². The molecule has 0 atom stereocenters. The van der Waals surface area contributed by atoms with Crippen LogP contribution in [0.25, 0.3) is 10.9 Å². The minimum Gasteiger partial charge on any atom is -0.452 e. The highest BCUT2D eigenvalue weighted by Crippen LogP contribution is 2.29. The molecule has 0 saturated heterocycles. The van der Waals surface area contributed by atoms with Gasteiger partial charge >= 0.3 is 5.97 Å². The number of anilines is 1. The van der Waals surface area contributed by atoms with Crippen molar-refractivity contribution in [1.82, 2.24) is 14.8 Å². The minimum absolute atomic E-state index is 0.341. The Bertz CT molecular complexity index is 1030. The smallest absolute Gasteiger partial charge is 0.338 e. The molecule has 0 unspecified atom stereocenters. The Morgan fingerprint density at radius 3 is 2.85 bits per heavy atom. The largest absolute Gasteiger partial charge is 0.452 e. The van der Waals surface area contributed by atoms with E-state index in [1.54, 1.807) is 23.9 Å². The van der Waals surface area contributed by atoms with Crippen LogP contribution in [0.4, 0.5) is 5.82 Å². The molecule has 0 spiro atoms. The number of nitrogens with one attached hydrogen (secondary N) is 2. The lowest BCUT2D eigenvalue weighted by Gasteiger charge is -2.10. The van der Waals surface area contributed by atoms with Crippen molar-refractivity contribution in [1.29, 1.82) is 0 Å². The first-order chi connectivity index (χ1) is 13.0. The minimum atomic E-state index is -0.501. The van der Waals surface area contributed by atoms with E-state index in [1.165, 1.54) is 24.1 Å². The lowest BCUT2D eigenvalue weighted by molar-refractivity contribution is -0.119. The normalized spacial score (nSPS) is 13.4. The number of rotatable bonds is 4. The average molecular weight is 366 g/mol. The van der Waals surface area contributed by atoms with Gasteiger partial charge in [0.2, 0.25) is 0 Å². The van der Waals surface area contributed by atoms with E-state index in [-0.39, 0.29) is 6.61 Å². The molecule has 2 aromatic heterocycles. The number of ether oxygens (including phenoxy) is 1. The fourth-order valence-corrected chi connectivity index (χ4v) is 3.65. The summed E-state index contributed by atoms with van der Waals surface area (Å²) in [4.78, 5) is 27.9. The molecular formula is C20H22N4O3. The van der Waals surface area contributed by atoms with Crippen molar-refractivity contribution in [3.05, 3.63) is 46.8 Å². The fraction of sp³-hybridized carbons (Fsp3) is 0.350. The summed E-state index contributed by atoms with van der Waals surface area (Å²) in [7, 11) is 1.74.